The van der Waals surface area contributed by atoms with Crippen LogP contribution in [0.15, 0.2) is 36.7 Å². The molecule has 2 aromatic carbocycles. The van der Waals surface area contributed by atoms with Gasteiger partial charge < -0.3 is 14.0 Å². The van der Waals surface area contributed by atoms with Crippen molar-refractivity contribution in [2.24, 2.45) is 0 Å². The van der Waals surface area contributed by atoms with E-state index < -0.39 is 0 Å². The van der Waals surface area contributed by atoms with E-state index in [2.05, 4.69) is 60.7 Å². The molecule has 2 heterocycles. The zero-order chi connectivity index (χ0) is 17.6. The van der Waals surface area contributed by atoms with Gasteiger partial charge >= 0.3 is 0 Å². The molecule has 0 N–H and O–H groups in total. The van der Waals surface area contributed by atoms with E-state index in [1.807, 2.05) is 6.33 Å². The Morgan fingerprint density at radius 3 is 2.84 bits per heavy atom. The van der Waals surface area contributed by atoms with Crippen LogP contribution in [0.25, 0.3) is 11.0 Å². The monoisotopic (exact) mass is 336 g/mol. The molecule has 0 amide bonds. The SMILES string of the molecule is COCc1ccc(Cn2cnc3cc4c(cc32)OC(C)(C)C4)cc1C. The summed E-state index contributed by atoms with van der Waals surface area (Å²) in [5.41, 5.74) is 7.04. The number of benzene rings is 2. The Hall–Kier alpha value is -2.33. The number of nitrogens with zero attached hydrogens (tertiary/aromatic N) is 2. The van der Waals surface area contributed by atoms with Gasteiger partial charge in [0.1, 0.15) is 11.4 Å². The molecule has 1 aliphatic rings. The van der Waals surface area contributed by atoms with Gasteiger partial charge in [-0.2, -0.15) is 0 Å². The first kappa shape index (κ1) is 16.2. The molecule has 0 atom stereocenters. The summed E-state index contributed by atoms with van der Waals surface area (Å²) in [5.74, 6) is 0.992. The quantitative estimate of drug-likeness (QED) is 0.714. The molecule has 0 bridgehead atoms. The summed E-state index contributed by atoms with van der Waals surface area (Å²) in [6, 6.07) is 10.9. The van der Waals surface area contributed by atoms with Gasteiger partial charge in [-0.25, -0.2) is 4.98 Å². The highest BCUT2D eigenvalue weighted by molar-refractivity contribution is 5.79. The Morgan fingerprint density at radius 2 is 2.08 bits per heavy atom. The summed E-state index contributed by atoms with van der Waals surface area (Å²) in [6.45, 7) is 7.84. The van der Waals surface area contributed by atoms with E-state index in [4.69, 9.17) is 9.47 Å². The highest BCUT2D eigenvalue weighted by Crippen LogP contribution is 2.37. The van der Waals surface area contributed by atoms with E-state index in [0.717, 1.165) is 29.7 Å². The third-order valence-corrected chi connectivity index (χ3v) is 4.87. The van der Waals surface area contributed by atoms with Crippen molar-refractivity contribution in [2.75, 3.05) is 7.11 Å². The summed E-state index contributed by atoms with van der Waals surface area (Å²) < 4.78 is 13.5. The van der Waals surface area contributed by atoms with Crippen molar-refractivity contribution in [3.8, 4) is 5.75 Å². The zero-order valence-electron chi connectivity index (χ0n) is 15.3. The predicted octanol–water partition coefficient (Wildman–Crippen LogP) is 4.25. The zero-order valence-corrected chi connectivity index (χ0v) is 15.3. The first-order valence-corrected chi connectivity index (χ1v) is 8.69. The molecule has 0 spiro atoms. The minimum Gasteiger partial charge on any atom is -0.487 e. The molecular formula is C21H24N2O2. The molecule has 0 saturated heterocycles. The number of imidazole rings is 1. The number of hydrogen-bond acceptors (Lipinski definition) is 3. The number of methoxy groups -OCH3 is 1. The molecule has 0 aliphatic carbocycles. The molecule has 0 radical (unpaired) electrons. The van der Waals surface area contributed by atoms with Crippen LogP contribution >= 0.6 is 0 Å². The largest absolute Gasteiger partial charge is 0.487 e. The van der Waals surface area contributed by atoms with Crippen molar-refractivity contribution in [1.29, 1.82) is 0 Å². The molecule has 0 fully saturated rings. The maximum atomic E-state index is 6.08. The van der Waals surface area contributed by atoms with Gasteiger partial charge in [0.2, 0.25) is 0 Å². The van der Waals surface area contributed by atoms with Crippen LogP contribution < -0.4 is 4.74 Å². The standard InChI is InChI=1S/C21H24N2O2/c1-14-7-15(5-6-16(14)12-24-4)11-23-13-22-18-8-17-10-21(2,3)25-20(17)9-19(18)23/h5-9,13H,10-12H2,1-4H3. The summed E-state index contributed by atoms with van der Waals surface area (Å²) in [5, 5.41) is 0. The summed E-state index contributed by atoms with van der Waals surface area (Å²) in [7, 11) is 1.73. The topological polar surface area (TPSA) is 36.3 Å². The van der Waals surface area contributed by atoms with Crippen LogP contribution in [0.5, 0.6) is 5.75 Å². The number of fused-ring (bicyclic) bond motifs is 2. The highest BCUT2D eigenvalue weighted by Gasteiger charge is 2.30. The van der Waals surface area contributed by atoms with E-state index in [0.29, 0.717) is 6.61 Å². The van der Waals surface area contributed by atoms with E-state index in [-0.39, 0.29) is 5.60 Å². The fourth-order valence-corrected chi connectivity index (χ4v) is 3.65. The van der Waals surface area contributed by atoms with Crippen molar-refractivity contribution in [1.82, 2.24) is 9.55 Å². The van der Waals surface area contributed by atoms with Gasteiger partial charge in [-0.1, -0.05) is 18.2 Å². The van der Waals surface area contributed by atoms with Crippen LogP contribution in [0.3, 0.4) is 0 Å². The number of hydrogen-bond donors (Lipinski definition) is 0. The first-order valence-electron chi connectivity index (χ1n) is 8.69. The van der Waals surface area contributed by atoms with Crippen LogP contribution in [0.2, 0.25) is 0 Å². The minimum atomic E-state index is -0.125. The van der Waals surface area contributed by atoms with Crippen molar-refractivity contribution in [3.63, 3.8) is 0 Å². The molecule has 25 heavy (non-hydrogen) atoms. The molecule has 1 aliphatic heterocycles. The smallest absolute Gasteiger partial charge is 0.125 e. The van der Waals surface area contributed by atoms with Crippen LogP contribution in [0.4, 0.5) is 0 Å². The lowest BCUT2D eigenvalue weighted by atomic mass is 10.0. The highest BCUT2D eigenvalue weighted by atomic mass is 16.5. The van der Waals surface area contributed by atoms with Crippen molar-refractivity contribution in [2.45, 2.75) is 45.9 Å². The maximum Gasteiger partial charge on any atom is 0.125 e. The van der Waals surface area contributed by atoms with Gasteiger partial charge in [-0.3, -0.25) is 0 Å². The van der Waals surface area contributed by atoms with Gasteiger partial charge in [-0.15, -0.1) is 0 Å². The Kier molecular flexibility index (Phi) is 3.80. The molecule has 4 rings (SSSR count). The van der Waals surface area contributed by atoms with Gasteiger partial charge in [0.25, 0.3) is 0 Å². The third-order valence-electron chi connectivity index (χ3n) is 4.87. The van der Waals surface area contributed by atoms with Crippen LogP contribution in [-0.2, 0) is 24.3 Å². The van der Waals surface area contributed by atoms with Crippen molar-refractivity contribution in [3.05, 3.63) is 58.9 Å². The molecule has 4 heteroatoms. The number of ether oxygens (including phenoxy) is 2. The second-order valence-corrected chi connectivity index (χ2v) is 7.55. The average Bonchev–Trinajstić information content (AvgIpc) is 3.06. The van der Waals surface area contributed by atoms with Gasteiger partial charge in [0.15, 0.2) is 0 Å². The fourth-order valence-electron chi connectivity index (χ4n) is 3.65. The Bertz CT molecular complexity index is 940. The van der Waals surface area contributed by atoms with E-state index in [9.17, 15) is 0 Å². The number of aryl methyl sites for hydroxylation is 1. The maximum absolute atomic E-state index is 6.08. The molecule has 1 aromatic heterocycles. The van der Waals surface area contributed by atoms with Crippen LogP contribution in [-0.4, -0.2) is 22.3 Å². The lowest BCUT2D eigenvalue weighted by Gasteiger charge is -2.16. The van der Waals surface area contributed by atoms with E-state index >= 15 is 0 Å². The molecule has 0 unspecified atom stereocenters. The predicted molar refractivity (Wildman–Crippen MR) is 99.1 cm³/mol. The van der Waals surface area contributed by atoms with Gasteiger partial charge in [-0.05, 0) is 43.5 Å². The fraction of sp³-hybridized carbons (Fsp3) is 0.381. The number of aromatic nitrogens is 2. The second-order valence-electron chi connectivity index (χ2n) is 7.55. The molecule has 130 valence electrons. The lowest BCUT2D eigenvalue weighted by Crippen LogP contribution is -2.24. The van der Waals surface area contributed by atoms with Crippen molar-refractivity contribution < 1.29 is 9.47 Å². The summed E-state index contributed by atoms with van der Waals surface area (Å²) in [4.78, 5) is 4.60. The van der Waals surface area contributed by atoms with Gasteiger partial charge in [0.05, 0.1) is 24.0 Å². The average molecular weight is 336 g/mol. The first-order chi connectivity index (χ1) is 11.9. The van der Waals surface area contributed by atoms with E-state index in [1.54, 1.807) is 7.11 Å². The Balaban J connectivity index is 1.66. The molecule has 0 saturated carbocycles. The van der Waals surface area contributed by atoms with Crippen LogP contribution in [0.1, 0.15) is 36.1 Å². The van der Waals surface area contributed by atoms with Crippen molar-refractivity contribution >= 4 is 11.0 Å². The third kappa shape index (κ3) is 3.02. The Labute approximate surface area is 148 Å². The lowest BCUT2D eigenvalue weighted by molar-refractivity contribution is 0.138. The molecular weight excluding hydrogens is 312 g/mol. The van der Waals surface area contributed by atoms with E-state index in [1.165, 1.54) is 22.3 Å². The molecule has 4 nitrogen and oxygen atoms in total. The molecule has 3 aromatic rings. The minimum absolute atomic E-state index is 0.125. The number of rotatable bonds is 4. The summed E-state index contributed by atoms with van der Waals surface area (Å²) >= 11 is 0. The van der Waals surface area contributed by atoms with Crippen LogP contribution in [0, 0.1) is 6.92 Å². The summed E-state index contributed by atoms with van der Waals surface area (Å²) in [6.07, 6.45) is 2.86. The Morgan fingerprint density at radius 1 is 1.24 bits per heavy atom. The normalized spacial score (nSPS) is 15.4. The van der Waals surface area contributed by atoms with Gasteiger partial charge in [0, 0.05) is 31.7 Å². The second kappa shape index (κ2) is 5.88.